The first-order chi connectivity index (χ1) is 12.7. The number of nitro groups is 1. The Balaban J connectivity index is 1.80. The minimum Gasteiger partial charge on any atom is -0.432 e. The molecule has 2 aromatic heterocycles. The molecule has 26 heavy (non-hydrogen) atoms. The Bertz CT molecular complexity index is 949. The Morgan fingerprint density at radius 2 is 2.04 bits per heavy atom. The highest BCUT2D eigenvalue weighted by Gasteiger charge is 2.31. The number of aromatic nitrogens is 3. The van der Waals surface area contributed by atoms with Crippen LogP contribution in [0.4, 0.5) is 17.2 Å². The zero-order valence-electron chi connectivity index (χ0n) is 13.8. The van der Waals surface area contributed by atoms with Crippen LogP contribution >= 0.6 is 0 Å². The lowest BCUT2D eigenvalue weighted by molar-refractivity contribution is -0.385. The van der Waals surface area contributed by atoms with Crippen LogP contribution < -0.4 is 9.64 Å². The van der Waals surface area contributed by atoms with E-state index in [9.17, 15) is 10.1 Å². The fourth-order valence-electron chi connectivity index (χ4n) is 3.06. The van der Waals surface area contributed by atoms with Gasteiger partial charge in [-0.2, -0.15) is 4.98 Å². The molecular formula is C18H15N5O3. The molecule has 0 bridgehead atoms. The number of ether oxygens (including phenoxy) is 1. The van der Waals surface area contributed by atoms with E-state index in [-0.39, 0.29) is 17.4 Å². The van der Waals surface area contributed by atoms with Crippen molar-refractivity contribution in [3.05, 3.63) is 70.8 Å². The number of hydrogen-bond acceptors (Lipinski definition) is 7. The Hall–Kier alpha value is -3.55. The second-order valence-electron chi connectivity index (χ2n) is 5.78. The third-order valence-corrected chi connectivity index (χ3v) is 4.17. The zero-order chi connectivity index (χ0) is 17.9. The van der Waals surface area contributed by atoms with Crippen LogP contribution in [0.3, 0.4) is 0 Å². The number of pyridine rings is 1. The highest BCUT2D eigenvalue weighted by atomic mass is 16.6. The van der Waals surface area contributed by atoms with E-state index >= 15 is 0 Å². The standard InChI is InChI=1S/C18H15N5O3/c24-23(25)16-17(22-10-4-6-13-5-1-2-8-15(13)22)20-12-21-18(16)26-14-7-3-9-19-11-14/h1-3,5,7-9,11-12H,4,6,10H2. The van der Waals surface area contributed by atoms with Crippen LogP contribution in [0.2, 0.25) is 0 Å². The van der Waals surface area contributed by atoms with Gasteiger partial charge in [0.05, 0.1) is 11.1 Å². The highest BCUT2D eigenvalue weighted by Crippen LogP contribution is 2.41. The molecule has 3 aromatic rings. The van der Waals surface area contributed by atoms with E-state index in [2.05, 4.69) is 15.0 Å². The second-order valence-corrected chi connectivity index (χ2v) is 5.78. The van der Waals surface area contributed by atoms with Gasteiger partial charge in [0.2, 0.25) is 5.82 Å². The first-order valence-electron chi connectivity index (χ1n) is 8.17. The quantitative estimate of drug-likeness (QED) is 0.524. The van der Waals surface area contributed by atoms with E-state index in [0.29, 0.717) is 12.3 Å². The molecule has 1 aliphatic rings. The molecule has 1 aliphatic heterocycles. The molecule has 0 aliphatic carbocycles. The average Bonchev–Trinajstić information content (AvgIpc) is 2.68. The summed E-state index contributed by atoms with van der Waals surface area (Å²) in [6, 6.07) is 11.2. The van der Waals surface area contributed by atoms with Crippen molar-refractivity contribution in [2.45, 2.75) is 12.8 Å². The van der Waals surface area contributed by atoms with Crippen LogP contribution in [0.1, 0.15) is 12.0 Å². The molecule has 0 unspecified atom stereocenters. The molecular weight excluding hydrogens is 334 g/mol. The number of hydrogen-bond donors (Lipinski definition) is 0. The fourth-order valence-corrected chi connectivity index (χ4v) is 3.06. The van der Waals surface area contributed by atoms with Crippen LogP contribution in [0.25, 0.3) is 0 Å². The number of benzene rings is 1. The molecule has 130 valence electrons. The molecule has 8 heteroatoms. The summed E-state index contributed by atoms with van der Waals surface area (Å²) in [5.74, 6) is 0.506. The summed E-state index contributed by atoms with van der Waals surface area (Å²) in [5.41, 5.74) is 1.81. The molecule has 3 heterocycles. The smallest absolute Gasteiger partial charge is 0.373 e. The van der Waals surface area contributed by atoms with Crippen LogP contribution in [-0.2, 0) is 6.42 Å². The summed E-state index contributed by atoms with van der Waals surface area (Å²) in [7, 11) is 0. The van der Waals surface area contributed by atoms with Crippen molar-refractivity contribution in [1.29, 1.82) is 0 Å². The van der Waals surface area contributed by atoms with E-state index in [1.165, 1.54) is 12.5 Å². The normalized spacial score (nSPS) is 13.2. The number of para-hydroxylation sites is 1. The number of nitrogens with zero attached hydrogens (tertiary/aromatic N) is 5. The Morgan fingerprint density at radius 3 is 2.85 bits per heavy atom. The number of rotatable bonds is 4. The first kappa shape index (κ1) is 15.9. The van der Waals surface area contributed by atoms with E-state index in [4.69, 9.17) is 4.74 Å². The van der Waals surface area contributed by atoms with E-state index < -0.39 is 4.92 Å². The lowest BCUT2D eigenvalue weighted by Gasteiger charge is -2.29. The van der Waals surface area contributed by atoms with Crippen molar-refractivity contribution in [1.82, 2.24) is 15.0 Å². The summed E-state index contributed by atoms with van der Waals surface area (Å²) in [5, 5.41) is 11.8. The van der Waals surface area contributed by atoms with Crippen molar-refractivity contribution in [2.75, 3.05) is 11.4 Å². The molecule has 0 spiro atoms. The van der Waals surface area contributed by atoms with E-state index in [0.717, 1.165) is 24.1 Å². The number of aryl methyl sites for hydroxylation is 1. The monoisotopic (exact) mass is 349 g/mol. The van der Waals surface area contributed by atoms with Crippen LogP contribution in [0, 0.1) is 10.1 Å². The molecule has 0 atom stereocenters. The maximum Gasteiger partial charge on any atom is 0.373 e. The SMILES string of the molecule is O=[N+]([O-])c1c(Oc2cccnc2)ncnc1N1CCCc2ccccc21. The van der Waals surface area contributed by atoms with Gasteiger partial charge in [0, 0.05) is 18.4 Å². The van der Waals surface area contributed by atoms with Gasteiger partial charge in [-0.15, -0.1) is 0 Å². The Morgan fingerprint density at radius 1 is 1.15 bits per heavy atom. The molecule has 0 fully saturated rings. The predicted molar refractivity (Wildman–Crippen MR) is 94.8 cm³/mol. The Labute approximate surface area is 149 Å². The zero-order valence-corrected chi connectivity index (χ0v) is 13.8. The third-order valence-electron chi connectivity index (χ3n) is 4.17. The second kappa shape index (κ2) is 6.75. The molecule has 0 saturated heterocycles. The Kier molecular flexibility index (Phi) is 4.14. The average molecular weight is 349 g/mol. The molecule has 0 radical (unpaired) electrons. The lowest BCUT2D eigenvalue weighted by Crippen LogP contribution is -2.26. The van der Waals surface area contributed by atoms with Gasteiger partial charge < -0.3 is 9.64 Å². The largest absolute Gasteiger partial charge is 0.432 e. The van der Waals surface area contributed by atoms with Gasteiger partial charge in [-0.05, 0) is 36.6 Å². The first-order valence-corrected chi connectivity index (χ1v) is 8.17. The van der Waals surface area contributed by atoms with Gasteiger partial charge in [0.25, 0.3) is 0 Å². The van der Waals surface area contributed by atoms with Gasteiger partial charge in [-0.25, -0.2) is 4.98 Å². The van der Waals surface area contributed by atoms with Gasteiger partial charge in [0.1, 0.15) is 12.1 Å². The van der Waals surface area contributed by atoms with Crippen molar-refractivity contribution in [3.63, 3.8) is 0 Å². The maximum atomic E-state index is 11.8. The van der Waals surface area contributed by atoms with Crippen molar-refractivity contribution in [3.8, 4) is 11.6 Å². The van der Waals surface area contributed by atoms with E-state index in [1.54, 1.807) is 18.3 Å². The van der Waals surface area contributed by atoms with Gasteiger partial charge in [-0.1, -0.05) is 18.2 Å². The minimum absolute atomic E-state index is 0.101. The number of fused-ring (bicyclic) bond motifs is 1. The van der Waals surface area contributed by atoms with Crippen LogP contribution in [0.15, 0.2) is 55.1 Å². The highest BCUT2D eigenvalue weighted by molar-refractivity contribution is 5.73. The third kappa shape index (κ3) is 2.92. The summed E-state index contributed by atoms with van der Waals surface area (Å²) in [6.45, 7) is 0.640. The van der Waals surface area contributed by atoms with Crippen molar-refractivity contribution < 1.29 is 9.66 Å². The van der Waals surface area contributed by atoms with Crippen molar-refractivity contribution in [2.24, 2.45) is 0 Å². The minimum atomic E-state index is -0.502. The van der Waals surface area contributed by atoms with Gasteiger partial charge in [0.15, 0.2) is 0 Å². The summed E-state index contributed by atoms with van der Waals surface area (Å²) < 4.78 is 5.61. The van der Waals surface area contributed by atoms with Crippen LogP contribution in [-0.4, -0.2) is 26.4 Å². The molecule has 8 nitrogen and oxygen atoms in total. The van der Waals surface area contributed by atoms with Gasteiger partial charge >= 0.3 is 11.6 Å². The maximum absolute atomic E-state index is 11.8. The van der Waals surface area contributed by atoms with E-state index in [1.807, 2.05) is 29.2 Å². The number of anilines is 2. The molecule has 4 rings (SSSR count). The molecule has 0 amide bonds. The van der Waals surface area contributed by atoms with Crippen molar-refractivity contribution >= 4 is 17.2 Å². The molecule has 0 saturated carbocycles. The van der Waals surface area contributed by atoms with Gasteiger partial charge in [-0.3, -0.25) is 15.1 Å². The molecule has 1 aromatic carbocycles. The fraction of sp³-hybridized carbons (Fsp3) is 0.167. The summed E-state index contributed by atoms with van der Waals surface area (Å²) in [6.07, 6.45) is 6.17. The molecule has 0 N–H and O–H groups in total. The lowest BCUT2D eigenvalue weighted by atomic mass is 10.0. The van der Waals surface area contributed by atoms with Crippen LogP contribution in [0.5, 0.6) is 11.6 Å². The summed E-state index contributed by atoms with van der Waals surface area (Å²) in [4.78, 5) is 25.3. The topological polar surface area (TPSA) is 94.3 Å². The summed E-state index contributed by atoms with van der Waals surface area (Å²) >= 11 is 0. The predicted octanol–water partition coefficient (Wildman–Crippen LogP) is 3.66.